The number of nitrogens with one attached hydrogen (secondary N) is 2. The highest BCUT2D eigenvalue weighted by Crippen LogP contribution is 2.29. The smallest absolute Gasteiger partial charge is 0.159 e. The van der Waals surface area contributed by atoms with Gasteiger partial charge in [-0.1, -0.05) is 13.8 Å². The Labute approximate surface area is 169 Å². The van der Waals surface area contributed by atoms with E-state index in [1.165, 1.54) is 0 Å². The first kappa shape index (κ1) is 18.3. The Balaban J connectivity index is 1.35. The Morgan fingerprint density at radius 3 is 2.97 bits per heavy atom. The van der Waals surface area contributed by atoms with Crippen molar-refractivity contribution in [3.05, 3.63) is 36.9 Å². The van der Waals surface area contributed by atoms with Crippen LogP contribution in [-0.2, 0) is 4.74 Å². The minimum atomic E-state index is 0.115. The molecule has 5 rings (SSSR count). The predicted octanol–water partition coefficient (Wildman–Crippen LogP) is 2.25. The largest absolute Gasteiger partial charge is 0.493 e. The van der Waals surface area contributed by atoms with E-state index in [0.29, 0.717) is 18.6 Å². The summed E-state index contributed by atoms with van der Waals surface area (Å²) in [5.74, 6) is 2.89. The number of hydrogen-bond donors (Lipinski definition) is 2. The highest BCUT2D eigenvalue weighted by Gasteiger charge is 2.34. The van der Waals surface area contributed by atoms with Gasteiger partial charge in [0, 0.05) is 24.1 Å². The first-order chi connectivity index (χ1) is 14.1. The Bertz CT molecular complexity index is 1020. The van der Waals surface area contributed by atoms with Gasteiger partial charge >= 0.3 is 0 Å². The van der Waals surface area contributed by atoms with Crippen LogP contribution in [0.1, 0.15) is 13.8 Å². The zero-order valence-corrected chi connectivity index (χ0v) is 16.8. The molecule has 2 aliphatic rings. The molecular weight excluding hydrogens is 368 g/mol. The van der Waals surface area contributed by atoms with Crippen molar-refractivity contribution >= 4 is 16.9 Å². The Hall–Kier alpha value is -2.71. The van der Waals surface area contributed by atoms with Gasteiger partial charge in [0.05, 0.1) is 43.2 Å². The first-order valence-electron chi connectivity index (χ1n) is 10.1. The van der Waals surface area contributed by atoms with Crippen molar-refractivity contribution in [2.24, 2.45) is 11.3 Å². The fourth-order valence-corrected chi connectivity index (χ4v) is 3.79. The number of hydrogen-bond acceptors (Lipinski definition) is 7. The minimum absolute atomic E-state index is 0.115. The van der Waals surface area contributed by atoms with Crippen molar-refractivity contribution in [3.8, 4) is 11.6 Å². The SMILES string of the molecule is C[C@@H]1CNC[C@@H]1Nc1cncc(-n2cnc3cc(OCC4(C)COC4)ccc32)n1. The van der Waals surface area contributed by atoms with E-state index >= 15 is 0 Å². The fourth-order valence-electron chi connectivity index (χ4n) is 3.79. The van der Waals surface area contributed by atoms with Crippen LogP contribution >= 0.6 is 0 Å². The van der Waals surface area contributed by atoms with Crippen LogP contribution < -0.4 is 15.4 Å². The quantitative estimate of drug-likeness (QED) is 0.663. The molecule has 2 fully saturated rings. The van der Waals surface area contributed by atoms with Gasteiger partial charge in [0.15, 0.2) is 5.82 Å². The molecule has 29 heavy (non-hydrogen) atoms. The summed E-state index contributed by atoms with van der Waals surface area (Å²) in [4.78, 5) is 13.7. The van der Waals surface area contributed by atoms with Gasteiger partial charge in [-0.2, -0.15) is 0 Å². The second kappa shape index (κ2) is 7.27. The van der Waals surface area contributed by atoms with Gasteiger partial charge in [-0.05, 0) is 24.6 Å². The summed E-state index contributed by atoms with van der Waals surface area (Å²) in [7, 11) is 0. The van der Waals surface area contributed by atoms with E-state index < -0.39 is 0 Å². The highest BCUT2D eigenvalue weighted by molar-refractivity contribution is 5.78. The van der Waals surface area contributed by atoms with Gasteiger partial charge in [-0.15, -0.1) is 0 Å². The predicted molar refractivity (Wildman–Crippen MR) is 111 cm³/mol. The van der Waals surface area contributed by atoms with Gasteiger partial charge < -0.3 is 20.1 Å². The van der Waals surface area contributed by atoms with Crippen LogP contribution in [0.3, 0.4) is 0 Å². The van der Waals surface area contributed by atoms with Gasteiger partial charge in [0.1, 0.15) is 17.9 Å². The van der Waals surface area contributed by atoms with Crippen LogP contribution in [0.5, 0.6) is 5.75 Å². The third kappa shape index (κ3) is 3.65. The Morgan fingerprint density at radius 2 is 2.21 bits per heavy atom. The number of imidazole rings is 1. The van der Waals surface area contributed by atoms with E-state index in [0.717, 1.165) is 54.7 Å². The summed E-state index contributed by atoms with van der Waals surface area (Å²) in [5, 5.41) is 6.89. The molecule has 0 spiro atoms. The molecular formula is C21H26N6O2. The van der Waals surface area contributed by atoms with Crippen molar-refractivity contribution in [3.63, 3.8) is 0 Å². The maximum absolute atomic E-state index is 5.97. The van der Waals surface area contributed by atoms with E-state index in [1.54, 1.807) is 18.7 Å². The second-order valence-corrected chi connectivity index (χ2v) is 8.51. The molecule has 1 aromatic carbocycles. The van der Waals surface area contributed by atoms with E-state index in [1.807, 2.05) is 22.8 Å². The third-order valence-electron chi connectivity index (χ3n) is 5.73. The van der Waals surface area contributed by atoms with Crippen LogP contribution in [0.4, 0.5) is 5.82 Å². The number of anilines is 1. The summed E-state index contributed by atoms with van der Waals surface area (Å²) < 4.78 is 13.2. The Kier molecular flexibility index (Phi) is 4.60. The van der Waals surface area contributed by atoms with Crippen molar-refractivity contribution in [1.82, 2.24) is 24.8 Å². The van der Waals surface area contributed by atoms with Gasteiger partial charge in [-0.3, -0.25) is 9.55 Å². The molecule has 2 aliphatic heterocycles. The summed E-state index contributed by atoms with van der Waals surface area (Å²) in [6, 6.07) is 6.32. The van der Waals surface area contributed by atoms with E-state index in [9.17, 15) is 0 Å². The zero-order valence-electron chi connectivity index (χ0n) is 16.8. The Morgan fingerprint density at radius 1 is 1.31 bits per heavy atom. The average Bonchev–Trinajstić information content (AvgIpc) is 3.31. The molecule has 8 nitrogen and oxygen atoms in total. The zero-order chi connectivity index (χ0) is 19.8. The molecule has 2 atom stereocenters. The summed E-state index contributed by atoms with van der Waals surface area (Å²) in [6.07, 6.45) is 5.30. The van der Waals surface area contributed by atoms with Crippen LogP contribution in [-0.4, -0.2) is 58.5 Å². The lowest BCUT2D eigenvalue weighted by atomic mass is 9.90. The van der Waals surface area contributed by atoms with E-state index in [4.69, 9.17) is 14.5 Å². The molecule has 152 valence electrons. The maximum Gasteiger partial charge on any atom is 0.159 e. The molecule has 0 aliphatic carbocycles. The molecule has 2 N–H and O–H groups in total. The van der Waals surface area contributed by atoms with E-state index in [-0.39, 0.29) is 5.41 Å². The lowest BCUT2D eigenvalue weighted by Crippen LogP contribution is -2.44. The topological polar surface area (TPSA) is 86.1 Å². The molecule has 2 aromatic heterocycles. The first-order valence-corrected chi connectivity index (χ1v) is 10.1. The molecule has 4 heterocycles. The maximum atomic E-state index is 5.97. The number of fused-ring (bicyclic) bond motifs is 1. The average molecular weight is 394 g/mol. The normalized spacial score (nSPS) is 23.1. The molecule has 0 radical (unpaired) electrons. The molecule has 8 heteroatoms. The molecule has 0 saturated carbocycles. The number of ether oxygens (including phenoxy) is 2. The number of aromatic nitrogens is 4. The lowest BCUT2D eigenvalue weighted by Gasteiger charge is -2.37. The minimum Gasteiger partial charge on any atom is -0.493 e. The molecule has 3 aromatic rings. The van der Waals surface area contributed by atoms with Crippen LogP contribution in [0.25, 0.3) is 16.9 Å². The third-order valence-corrected chi connectivity index (χ3v) is 5.73. The highest BCUT2D eigenvalue weighted by atomic mass is 16.5. The lowest BCUT2D eigenvalue weighted by molar-refractivity contribution is -0.120. The van der Waals surface area contributed by atoms with Gasteiger partial charge in [0.2, 0.25) is 0 Å². The fraction of sp³-hybridized carbons (Fsp3) is 0.476. The van der Waals surface area contributed by atoms with Crippen molar-refractivity contribution in [1.29, 1.82) is 0 Å². The van der Waals surface area contributed by atoms with E-state index in [2.05, 4.69) is 34.4 Å². The monoisotopic (exact) mass is 394 g/mol. The molecule has 2 saturated heterocycles. The molecule has 0 amide bonds. The van der Waals surface area contributed by atoms with Crippen LogP contribution in [0.2, 0.25) is 0 Å². The van der Waals surface area contributed by atoms with Crippen LogP contribution in [0.15, 0.2) is 36.9 Å². The molecule has 0 unspecified atom stereocenters. The van der Waals surface area contributed by atoms with Gasteiger partial charge in [0.25, 0.3) is 0 Å². The number of rotatable bonds is 6. The number of benzene rings is 1. The number of nitrogens with zero attached hydrogens (tertiary/aromatic N) is 4. The molecule has 0 bridgehead atoms. The van der Waals surface area contributed by atoms with Crippen molar-refractivity contribution < 1.29 is 9.47 Å². The second-order valence-electron chi connectivity index (χ2n) is 8.51. The summed E-state index contributed by atoms with van der Waals surface area (Å²) in [5.41, 5.74) is 1.95. The van der Waals surface area contributed by atoms with Crippen molar-refractivity contribution in [2.45, 2.75) is 19.9 Å². The van der Waals surface area contributed by atoms with Crippen molar-refractivity contribution in [2.75, 3.05) is 38.2 Å². The summed E-state index contributed by atoms with van der Waals surface area (Å²) >= 11 is 0. The van der Waals surface area contributed by atoms with Crippen LogP contribution in [0, 0.1) is 11.3 Å². The summed E-state index contributed by atoms with van der Waals surface area (Å²) in [6.45, 7) is 8.52. The standard InChI is InChI=1S/C21H26N6O2/c1-14-6-22-7-17(14)25-19-8-23-9-20(26-19)27-13-24-16-5-15(3-4-18(16)27)29-12-21(2)10-28-11-21/h3-5,8-9,13-14,17,22H,6-7,10-12H2,1-2H3,(H,25,26)/t14-,17+/m1/s1. The van der Waals surface area contributed by atoms with Gasteiger partial charge in [-0.25, -0.2) is 9.97 Å².